The van der Waals surface area contributed by atoms with Crippen LogP contribution in [0.25, 0.3) is 0 Å². The van der Waals surface area contributed by atoms with Gasteiger partial charge in [0.1, 0.15) is 5.82 Å². The number of hydrogen-bond acceptors (Lipinski definition) is 1. The molecule has 72 valence electrons. The number of carbonyl (C=O) groups excluding carboxylic acids is 1. The zero-order valence-electron chi connectivity index (χ0n) is 7.21. The molecule has 0 fully saturated rings. The first-order chi connectivity index (χ1) is 5.72. The summed E-state index contributed by atoms with van der Waals surface area (Å²) in [5.74, 6) is -0.369. The molecule has 0 saturated carbocycles. The molecule has 0 atom stereocenters. The van der Waals surface area contributed by atoms with Crippen molar-refractivity contribution in [2.75, 3.05) is 5.32 Å². The molecule has 0 aromatic heterocycles. The van der Waals surface area contributed by atoms with E-state index in [-0.39, 0.29) is 16.4 Å². The summed E-state index contributed by atoms with van der Waals surface area (Å²) < 4.78 is 12.4. The van der Waals surface area contributed by atoms with Crippen LogP contribution in [-0.2, 0) is 4.79 Å². The van der Waals surface area contributed by atoms with Crippen molar-refractivity contribution in [2.45, 2.75) is 13.3 Å². The van der Waals surface area contributed by atoms with Crippen molar-refractivity contribution in [2.24, 2.45) is 0 Å². The van der Waals surface area contributed by atoms with E-state index in [2.05, 4.69) is 5.32 Å². The highest BCUT2D eigenvalue weighted by Crippen LogP contribution is 2.07. The second kappa shape index (κ2) is 5.24. The minimum Gasteiger partial charge on any atom is -0.326 e. The molecule has 1 rings (SSSR count). The normalized spacial score (nSPS) is 8.77. The highest BCUT2D eigenvalue weighted by Gasteiger charge is 1.97. The molecular formula is C9H11F2NO. The van der Waals surface area contributed by atoms with Crippen LogP contribution in [-0.4, -0.2) is 5.91 Å². The van der Waals surface area contributed by atoms with Gasteiger partial charge < -0.3 is 5.32 Å². The second-order valence-electron chi connectivity index (χ2n) is 2.41. The lowest BCUT2D eigenvalue weighted by Gasteiger charge is -2.01. The molecule has 0 aliphatic heterocycles. The third-order valence-electron chi connectivity index (χ3n) is 1.45. The smallest absolute Gasteiger partial charge is 0.224 e. The molecule has 0 aliphatic rings. The summed E-state index contributed by atoms with van der Waals surface area (Å²) >= 11 is 0. The van der Waals surface area contributed by atoms with E-state index in [1.54, 1.807) is 6.92 Å². The van der Waals surface area contributed by atoms with E-state index in [4.69, 9.17) is 0 Å². The van der Waals surface area contributed by atoms with Crippen LogP contribution in [0.4, 0.5) is 14.8 Å². The lowest BCUT2D eigenvalue weighted by molar-refractivity contribution is -0.115. The van der Waals surface area contributed by atoms with E-state index >= 15 is 0 Å². The average molecular weight is 187 g/mol. The van der Waals surface area contributed by atoms with E-state index in [0.717, 1.165) is 0 Å². The van der Waals surface area contributed by atoms with E-state index in [1.807, 2.05) is 0 Å². The van der Waals surface area contributed by atoms with Crippen LogP contribution in [0, 0.1) is 5.82 Å². The lowest BCUT2D eigenvalue weighted by Crippen LogP contribution is -2.09. The highest BCUT2D eigenvalue weighted by molar-refractivity contribution is 5.90. The first-order valence-corrected chi connectivity index (χ1v) is 3.78. The van der Waals surface area contributed by atoms with Gasteiger partial charge in [0.15, 0.2) is 0 Å². The molecule has 0 unspecified atom stereocenters. The Morgan fingerprint density at radius 1 is 1.38 bits per heavy atom. The first kappa shape index (κ1) is 11.6. The summed E-state index contributed by atoms with van der Waals surface area (Å²) in [4.78, 5) is 10.9. The van der Waals surface area contributed by atoms with Crippen LogP contribution in [0.15, 0.2) is 24.3 Å². The van der Waals surface area contributed by atoms with Crippen LogP contribution in [0.5, 0.6) is 0 Å². The third kappa shape index (κ3) is 3.64. The van der Waals surface area contributed by atoms with Gasteiger partial charge in [-0.15, -0.1) is 0 Å². The lowest BCUT2D eigenvalue weighted by atomic mass is 10.3. The summed E-state index contributed by atoms with van der Waals surface area (Å²) in [5.41, 5.74) is 0.628. The molecule has 1 amide bonds. The fourth-order valence-corrected chi connectivity index (χ4v) is 0.783. The summed E-state index contributed by atoms with van der Waals surface area (Å²) in [6.07, 6.45) is 0.428. The summed E-state index contributed by atoms with van der Waals surface area (Å²) in [6, 6.07) is 5.68. The maximum Gasteiger partial charge on any atom is 0.224 e. The van der Waals surface area contributed by atoms with Gasteiger partial charge in [-0.25, -0.2) is 4.39 Å². The fourth-order valence-electron chi connectivity index (χ4n) is 0.783. The van der Waals surface area contributed by atoms with Crippen molar-refractivity contribution in [1.82, 2.24) is 0 Å². The number of hydrogen-bond donors (Lipinski definition) is 1. The standard InChI is InChI=1S/C9H10FNO.FH/c1-2-9(12)11-8-5-3-7(10)4-6-8;/h3-6H,2H2,1H3,(H,11,12);1H. The Labute approximate surface area is 75.1 Å². The van der Waals surface area contributed by atoms with Crippen molar-refractivity contribution in [3.05, 3.63) is 30.1 Å². The third-order valence-corrected chi connectivity index (χ3v) is 1.45. The molecule has 13 heavy (non-hydrogen) atoms. The summed E-state index contributed by atoms with van der Waals surface area (Å²) in [7, 11) is 0. The molecule has 2 nitrogen and oxygen atoms in total. The molecule has 0 heterocycles. The van der Waals surface area contributed by atoms with Gasteiger partial charge in [-0.05, 0) is 24.3 Å². The monoisotopic (exact) mass is 187 g/mol. The Morgan fingerprint density at radius 3 is 2.38 bits per heavy atom. The average Bonchev–Trinajstić information content (AvgIpc) is 2.09. The zero-order chi connectivity index (χ0) is 8.97. The topological polar surface area (TPSA) is 29.1 Å². The number of amides is 1. The Morgan fingerprint density at radius 2 is 1.92 bits per heavy atom. The maximum absolute atomic E-state index is 12.4. The van der Waals surface area contributed by atoms with Crippen molar-refractivity contribution < 1.29 is 13.9 Å². The molecule has 4 heteroatoms. The molecule has 1 aromatic carbocycles. The number of nitrogens with one attached hydrogen (secondary N) is 1. The van der Waals surface area contributed by atoms with Gasteiger partial charge in [-0.1, -0.05) is 6.92 Å². The van der Waals surface area contributed by atoms with Gasteiger partial charge >= 0.3 is 0 Å². The fraction of sp³-hybridized carbons (Fsp3) is 0.222. The number of anilines is 1. The van der Waals surface area contributed by atoms with Crippen molar-refractivity contribution in [3.63, 3.8) is 0 Å². The Bertz CT molecular complexity index is 271. The van der Waals surface area contributed by atoms with E-state index in [0.29, 0.717) is 12.1 Å². The Hall–Kier alpha value is -1.45. The Balaban J connectivity index is 0.00000144. The molecule has 0 radical (unpaired) electrons. The predicted molar refractivity (Wildman–Crippen MR) is 47.8 cm³/mol. The van der Waals surface area contributed by atoms with E-state index in [1.165, 1.54) is 24.3 Å². The molecular weight excluding hydrogens is 176 g/mol. The second-order valence-corrected chi connectivity index (χ2v) is 2.41. The van der Waals surface area contributed by atoms with Crippen molar-refractivity contribution in [3.8, 4) is 0 Å². The molecule has 1 aromatic rings. The van der Waals surface area contributed by atoms with E-state index < -0.39 is 0 Å². The van der Waals surface area contributed by atoms with Gasteiger partial charge in [-0.2, -0.15) is 0 Å². The van der Waals surface area contributed by atoms with Crippen LogP contribution in [0.3, 0.4) is 0 Å². The van der Waals surface area contributed by atoms with Crippen molar-refractivity contribution in [1.29, 1.82) is 0 Å². The molecule has 1 N–H and O–H groups in total. The van der Waals surface area contributed by atoms with Gasteiger partial charge in [0.25, 0.3) is 0 Å². The first-order valence-electron chi connectivity index (χ1n) is 3.78. The van der Waals surface area contributed by atoms with Gasteiger partial charge in [0.05, 0.1) is 0 Å². The molecule has 0 aliphatic carbocycles. The number of rotatable bonds is 2. The maximum atomic E-state index is 12.4. The van der Waals surface area contributed by atoms with Crippen molar-refractivity contribution >= 4 is 11.6 Å². The quantitative estimate of drug-likeness (QED) is 0.756. The molecule has 0 saturated heterocycles. The predicted octanol–water partition coefficient (Wildman–Crippen LogP) is 2.33. The van der Waals surface area contributed by atoms with Gasteiger partial charge in [0.2, 0.25) is 5.91 Å². The van der Waals surface area contributed by atoms with Gasteiger partial charge in [-0.3, -0.25) is 9.50 Å². The van der Waals surface area contributed by atoms with Crippen LogP contribution >= 0.6 is 0 Å². The minimum atomic E-state index is -0.301. The largest absolute Gasteiger partial charge is 0.326 e. The van der Waals surface area contributed by atoms with Crippen LogP contribution < -0.4 is 5.32 Å². The molecule has 0 bridgehead atoms. The number of benzene rings is 1. The highest BCUT2D eigenvalue weighted by atomic mass is 19.1. The zero-order valence-corrected chi connectivity index (χ0v) is 7.21. The Kier molecular flexibility index (Phi) is 4.66. The van der Waals surface area contributed by atoms with Gasteiger partial charge in [0, 0.05) is 12.1 Å². The number of carbonyl (C=O) groups is 1. The number of halogens is 2. The van der Waals surface area contributed by atoms with Crippen LogP contribution in [0.1, 0.15) is 13.3 Å². The van der Waals surface area contributed by atoms with Crippen LogP contribution in [0.2, 0.25) is 0 Å². The minimum absolute atomic E-state index is 0. The van der Waals surface area contributed by atoms with E-state index in [9.17, 15) is 9.18 Å². The SMILES string of the molecule is CCC(=O)Nc1ccc(F)cc1.F. The molecule has 0 spiro atoms. The summed E-state index contributed by atoms with van der Waals surface area (Å²) in [6.45, 7) is 1.76. The summed E-state index contributed by atoms with van der Waals surface area (Å²) in [5, 5.41) is 2.61.